The first kappa shape index (κ1) is 24.9. The number of carbonyl (C=O) groups is 3. The van der Waals surface area contributed by atoms with Crippen LogP contribution in [0.5, 0.6) is 0 Å². The van der Waals surface area contributed by atoms with Crippen molar-refractivity contribution in [3.8, 4) is 0 Å². The van der Waals surface area contributed by atoms with Gasteiger partial charge in [0.05, 0.1) is 6.61 Å². The Labute approximate surface area is 180 Å². The summed E-state index contributed by atoms with van der Waals surface area (Å²) in [7, 11) is 3.44. The van der Waals surface area contributed by atoms with Crippen LogP contribution in [0.3, 0.4) is 0 Å². The highest BCUT2D eigenvalue weighted by Crippen LogP contribution is 2.24. The Morgan fingerprint density at radius 3 is 2.53 bits per heavy atom. The van der Waals surface area contributed by atoms with Gasteiger partial charge in [-0.2, -0.15) is 13.2 Å². The molecule has 10 nitrogen and oxygen atoms in total. The summed E-state index contributed by atoms with van der Waals surface area (Å²) < 4.78 is 42.0. The van der Waals surface area contributed by atoms with Crippen LogP contribution in [0.25, 0.3) is 0 Å². The van der Waals surface area contributed by atoms with Crippen LogP contribution in [0.15, 0.2) is 16.7 Å². The molecular weight excluding hydrogens is 437 g/mol. The van der Waals surface area contributed by atoms with E-state index in [1.54, 1.807) is 27.1 Å². The van der Waals surface area contributed by atoms with Crippen LogP contribution in [0.2, 0.25) is 0 Å². The largest absolute Gasteiger partial charge is 0.490 e. The fraction of sp³-hybridized carbons (Fsp3) is 0.474. The van der Waals surface area contributed by atoms with Crippen LogP contribution in [-0.4, -0.2) is 76.3 Å². The summed E-state index contributed by atoms with van der Waals surface area (Å²) in [5.41, 5.74) is 2.56. The molecule has 176 valence electrons. The van der Waals surface area contributed by atoms with Gasteiger partial charge < -0.3 is 24.3 Å². The average molecular weight is 460 g/mol. The van der Waals surface area contributed by atoms with E-state index in [1.165, 1.54) is 4.90 Å². The van der Waals surface area contributed by atoms with Crippen molar-refractivity contribution in [1.29, 1.82) is 0 Å². The Kier molecular flexibility index (Phi) is 8.02. The smallest absolute Gasteiger partial charge is 0.475 e. The van der Waals surface area contributed by atoms with E-state index in [1.807, 2.05) is 6.07 Å². The minimum absolute atomic E-state index is 0.0594. The van der Waals surface area contributed by atoms with Crippen molar-refractivity contribution in [2.75, 3.05) is 27.2 Å². The van der Waals surface area contributed by atoms with Crippen molar-refractivity contribution in [2.45, 2.75) is 32.6 Å². The quantitative estimate of drug-likeness (QED) is 0.649. The number of fused-ring (bicyclic) bond motifs is 1. The Balaban J connectivity index is 0.000000451. The molecule has 32 heavy (non-hydrogen) atoms. The van der Waals surface area contributed by atoms with Crippen LogP contribution in [0.4, 0.5) is 13.2 Å². The maximum atomic E-state index is 12.0. The summed E-state index contributed by atoms with van der Waals surface area (Å²) >= 11 is 0. The molecule has 0 saturated carbocycles. The molecule has 1 aliphatic rings. The lowest BCUT2D eigenvalue weighted by Crippen LogP contribution is -2.30. The third-order valence-electron chi connectivity index (χ3n) is 4.39. The maximum Gasteiger partial charge on any atom is 0.490 e. The Hall–Kier alpha value is -3.35. The Morgan fingerprint density at radius 1 is 1.31 bits per heavy atom. The lowest BCUT2D eigenvalue weighted by molar-refractivity contribution is -0.192. The summed E-state index contributed by atoms with van der Waals surface area (Å²) in [4.78, 5) is 39.7. The number of hydrogen-bond donors (Lipinski definition) is 2. The molecule has 1 amide bonds. The van der Waals surface area contributed by atoms with Crippen molar-refractivity contribution >= 4 is 17.8 Å². The number of aromatic nitrogens is 2. The molecule has 0 aromatic carbocycles. The number of carboxylic acids is 1. The van der Waals surface area contributed by atoms with E-state index in [0.29, 0.717) is 31.8 Å². The normalized spacial score (nSPS) is 13.6. The molecule has 3 heterocycles. The maximum absolute atomic E-state index is 12.0. The lowest BCUT2D eigenvalue weighted by Gasteiger charge is -2.25. The zero-order valence-electron chi connectivity index (χ0n) is 17.7. The number of ether oxygens (including phenoxy) is 1. The van der Waals surface area contributed by atoms with Crippen molar-refractivity contribution in [1.82, 2.24) is 19.9 Å². The Bertz CT molecular complexity index is 967. The highest BCUT2D eigenvalue weighted by atomic mass is 19.4. The molecule has 0 atom stereocenters. The predicted molar refractivity (Wildman–Crippen MR) is 103 cm³/mol. The molecule has 0 fully saturated rings. The number of carbonyl (C=O) groups excluding carboxylic acids is 2. The standard InChI is InChI=1S/C17H22N4O4.C2HF3O2/c1-4-24-17(23)15-12-10-21(8-7-14(12)25-19-15)9-11-5-6-13(18-11)16(22)20(2)3;3-2(4,5)1(6)7/h5-6,18H,4,7-10H2,1-3H3;(H,6,7). The van der Waals surface area contributed by atoms with E-state index in [0.717, 1.165) is 23.6 Å². The third-order valence-corrected chi connectivity index (χ3v) is 4.39. The number of aromatic amines is 1. The number of halogens is 3. The summed E-state index contributed by atoms with van der Waals surface area (Å²) in [6.45, 7) is 4.06. The topological polar surface area (TPSA) is 129 Å². The van der Waals surface area contributed by atoms with Gasteiger partial charge in [0, 0.05) is 51.4 Å². The van der Waals surface area contributed by atoms with E-state index < -0.39 is 18.1 Å². The van der Waals surface area contributed by atoms with Crippen LogP contribution in [0, 0.1) is 0 Å². The summed E-state index contributed by atoms with van der Waals surface area (Å²) in [6, 6.07) is 3.70. The third kappa shape index (κ3) is 6.33. The molecule has 0 saturated heterocycles. The first-order valence-corrected chi connectivity index (χ1v) is 9.50. The second-order valence-corrected chi connectivity index (χ2v) is 7.01. The van der Waals surface area contributed by atoms with Gasteiger partial charge >= 0.3 is 18.1 Å². The first-order valence-electron chi connectivity index (χ1n) is 9.50. The van der Waals surface area contributed by atoms with Crippen molar-refractivity contribution < 1.29 is 41.9 Å². The van der Waals surface area contributed by atoms with E-state index in [4.69, 9.17) is 19.2 Å². The number of esters is 1. The second-order valence-electron chi connectivity index (χ2n) is 7.01. The Morgan fingerprint density at radius 2 is 1.97 bits per heavy atom. The molecule has 2 N–H and O–H groups in total. The minimum Gasteiger partial charge on any atom is -0.475 e. The molecule has 13 heteroatoms. The van der Waals surface area contributed by atoms with E-state index in [9.17, 15) is 22.8 Å². The molecule has 2 aromatic rings. The van der Waals surface area contributed by atoms with Gasteiger partial charge in [-0.25, -0.2) is 9.59 Å². The van der Waals surface area contributed by atoms with Gasteiger partial charge in [-0.1, -0.05) is 5.16 Å². The van der Waals surface area contributed by atoms with E-state index >= 15 is 0 Å². The summed E-state index contributed by atoms with van der Waals surface area (Å²) in [5, 5.41) is 11.0. The number of H-pyrrole nitrogens is 1. The number of rotatable bonds is 5. The molecule has 0 bridgehead atoms. The average Bonchev–Trinajstić information content (AvgIpc) is 3.34. The minimum atomic E-state index is -5.08. The SMILES string of the molecule is CCOC(=O)c1noc2c1CN(Cc1ccc(C(=O)N(C)C)[nH]1)CC2.O=C(O)C(F)(F)F. The number of alkyl halides is 3. The van der Waals surface area contributed by atoms with Gasteiger partial charge in [-0.15, -0.1) is 0 Å². The second kappa shape index (κ2) is 10.3. The van der Waals surface area contributed by atoms with Crippen molar-refractivity contribution in [2.24, 2.45) is 0 Å². The molecule has 2 aromatic heterocycles. The lowest BCUT2D eigenvalue weighted by atomic mass is 10.1. The highest BCUT2D eigenvalue weighted by Gasteiger charge is 2.38. The zero-order chi connectivity index (χ0) is 24.1. The van der Waals surface area contributed by atoms with Crippen molar-refractivity contribution in [3.05, 3.63) is 40.5 Å². The molecule has 1 aliphatic heterocycles. The van der Waals surface area contributed by atoms with Gasteiger partial charge in [0.15, 0.2) is 5.69 Å². The van der Waals surface area contributed by atoms with Gasteiger partial charge in [-0.3, -0.25) is 9.69 Å². The predicted octanol–water partition coefficient (Wildman–Crippen LogP) is 2.07. The molecule has 3 rings (SSSR count). The van der Waals surface area contributed by atoms with Gasteiger partial charge in [0.1, 0.15) is 11.5 Å². The van der Waals surface area contributed by atoms with Crippen LogP contribution < -0.4 is 0 Å². The van der Waals surface area contributed by atoms with Gasteiger partial charge in [-0.05, 0) is 19.1 Å². The fourth-order valence-electron chi connectivity index (χ4n) is 2.90. The number of nitrogens with zero attached hydrogens (tertiary/aromatic N) is 3. The molecule has 0 aliphatic carbocycles. The number of hydrogen-bond acceptors (Lipinski definition) is 7. The summed E-state index contributed by atoms with van der Waals surface area (Å²) in [5.74, 6) is -2.52. The van der Waals surface area contributed by atoms with Gasteiger partial charge in [0.25, 0.3) is 5.91 Å². The molecule has 0 unspecified atom stereocenters. The zero-order valence-corrected chi connectivity index (χ0v) is 17.7. The first-order chi connectivity index (χ1) is 14.9. The molecule has 0 spiro atoms. The van der Waals surface area contributed by atoms with Gasteiger partial charge in [0.2, 0.25) is 0 Å². The number of aliphatic carboxylic acids is 1. The van der Waals surface area contributed by atoms with Crippen LogP contribution in [-0.2, 0) is 29.0 Å². The van der Waals surface area contributed by atoms with E-state index in [-0.39, 0.29) is 11.6 Å². The fourth-order valence-corrected chi connectivity index (χ4v) is 2.90. The monoisotopic (exact) mass is 460 g/mol. The summed E-state index contributed by atoms with van der Waals surface area (Å²) in [6.07, 6.45) is -4.40. The number of carboxylic acid groups (broad SMARTS) is 1. The molecular formula is C19H23F3N4O6. The number of amides is 1. The number of nitrogens with one attached hydrogen (secondary N) is 1. The highest BCUT2D eigenvalue weighted by molar-refractivity contribution is 5.92. The van der Waals surface area contributed by atoms with Crippen molar-refractivity contribution in [3.63, 3.8) is 0 Å². The van der Waals surface area contributed by atoms with E-state index in [2.05, 4.69) is 15.0 Å². The van der Waals surface area contributed by atoms with Crippen LogP contribution in [0.1, 0.15) is 44.9 Å². The van der Waals surface area contributed by atoms with Crippen LogP contribution >= 0.6 is 0 Å². The molecule has 0 radical (unpaired) electrons.